The highest BCUT2D eigenvalue weighted by atomic mass is 16.6. The Morgan fingerprint density at radius 1 is 1.38 bits per heavy atom. The quantitative estimate of drug-likeness (QED) is 0.621. The van der Waals surface area contributed by atoms with Gasteiger partial charge in [0.2, 0.25) is 0 Å². The number of aromatic nitrogens is 4. The van der Waals surface area contributed by atoms with E-state index in [9.17, 15) is 14.7 Å². The van der Waals surface area contributed by atoms with Crippen molar-refractivity contribution >= 4 is 12.1 Å². The average Bonchev–Trinajstić information content (AvgIpc) is 3.26. The molecule has 1 aliphatic carbocycles. The van der Waals surface area contributed by atoms with Gasteiger partial charge in [0.1, 0.15) is 23.7 Å². The highest BCUT2D eigenvalue weighted by Gasteiger charge is 2.28. The molecule has 1 amide bonds. The number of hydrogen-bond donors (Lipinski definition) is 1. The summed E-state index contributed by atoms with van der Waals surface area (Å²) in [5.74, 6) is -0.755. The third-order valence-electron chi connectivity index (χ3n) is 5.51. The molecule has 2 aromatic rings. The number of aliphatic carboxylic acids is 1. The average molecular weight is 449 g/mol. The van der Waals surface area contributed by atoms with E-state index < -0.39 is 25.0 Å². The predicted octanol–water partition coefficient (Wildman–Crippen LogP) is 3.27. The summed E-state index contributed by atoms with van der Waals surface area (Å²) in [5.41, 5.74) is 0.616. The zero-order valence-electron chi connectivity index (χ0n) is 21.4. The van der Waals surface area contributed by atoms with Gasteiger partial charge in [-0.3, -0.25) is 9.78 Å². The molecule has 0 aliphatic heterocycles. The zero-order valence-corrected chi connectivity index (χ0v) is 18.4. The molecule has 3 rings (SSSR count). The van der Waals surface area contributed by atoms with Crippen LogP contribution in [-0.2, 0) is 23.1 Å². The number of hydrogen-bond acceptors (Lipinski definition) is 7. The molecule has 1 fully saturated rings. The number of pyridine rings is 1. The molecule has 32 heavy (non-hydrogen) atoms. The van der Waals surface area contributed by atoms with E-state index in [2.05, 4.69) is 15.3 Å². The summed E-state index contributed by atoms with van der Waals surface area (Å²) < 4.78 is 35.2. The fraction of sp³-hybridized carbons (Fsp3) is 0.591. The number of ether oxygens (including phenoxy) is 2. The first-order valence-electron chi connectivity index (χ1n) is 12.3. The van der Waals surface area contributed by atoms with Crippen molar-refractivity contribution in [2.45, 2.75) is 58.2 Å². The fourth-order valence-electron chi connectivity index (χ4n) is 3.62. The number of carboxylic acid groups (broad SMARTS) is 1. The largest absolute Gasteiger partial charge is 0.489 e. The van der Waals surface area contributed by atoms with Gasteiger partial charge in [-0.1, -0.05) is 18.6 Å². The second-order valence-corrected chi connectivity index (χ2v) is 7.95. The normalized spacial score (nSPS) is 20.0. The van der Waals surface area contributed by atoms with E-state index in [1.165, 1.54) is 11.1 Å². The Morgan fingerprint density at radius 3 is 2.91 bits per heavy atom. The van der Waals surface area contributed by atoms with Crippen molar-refractivity contribution in [3.05, 3.63) is 24.0 Å². The third-order valence-corrected chi connectivity index (χ3v) is 5.51. The van der Waals surface area contributed by atoms with Gasteiger partial charge in [-0.25, -0.2) is 9.48 Å². The molecule has 0 aromatic carbocycles. The van der Waals surface area contributed by atoms with Crippen molar-refractivity contribution in [2.24, 2.45) is 12.9 Å². The Morgan fingerprint density at radius 2 is 2.22 bits per heavy atom. The van der Waals surface area contributed by atoms with Gasteiger partial charge in [-0.15, -0.1) is 5.10 Å². The minimum atomic E-state index is -2.62. The molecule has 1 saturated carbocycles. The number of aryl methyl sites for hydroxylation is 1. The number of unbranched alkanes of at least 4 members (excludes halogenated alkanes) is 1. The minimum Gasteiger partial charge on any atom is -0.489 e. The Kier molecular flexibility index (Phi) is 6.66. The lowest BCUT2D eigenvalue weighted by Crippen LogP contribution is -2.29. The zero-order chi connectivity index (χ0) is 25.6. The van der Waals surface area contributed by atoms with Gasteiger partial charge < -0.3 is 19.5 Å². The van der Waals surface area contributed by atoms with Crippen molar-refractivity contribution in [1.82, 2.24) is 24.9 Å². The third kappa shape index (κ3) is 5.95. The van der Waals surface area contributed by atoms with Gasteiger partial charge in [-0.05, 0) is 44.2 Å². The molecular weight excluding hydrogens is 414 g/mol. The summed E-state index contributed by atoms with van der Waals surface area (Å²) in [5, 5.41) is 17.0. The van der Waals surface area contributed by atoms with Gasteiger partial charge in [0.25, 0.3) is 0 Å². The molecule has 1 N–H and O–H groups in total. The maximum atomic E-state index is 12.3. The molecule has 0 saturated heterocycles. The second-order valence-electron chi connectivity index (χ2n) is 7.95. The summed E-state index contributed by atoms with van der Waals surface area (Å²) in [4.78, 5) is 29.3. The summed E-state index contributed by atoms with van der Waals surface area (Å²) in [6.45, 7) is -0.423. The Bertz CT molecular complexity index is 1010. The van der Waals surface area contributed by atoms with Crippen LogP contribution in [-0.4, -0.2) is 61.7 Å². The van der Waals surface area contributed by atoms with E-state index >= 15 is 0 Å². The molecule has 0 unspecified atom stereocenters. The summed E-state index contributed by atoms with van der Waals surface area (Å²) in [7, 11) is 1.61. The van der Waals surface area contributed by atoms with Gasteiger partial charge in [-0.2, -0.15) is 0 Å². The van der Waals surface area contributed by atoms with Crippen molar-refractivity contribution < 1.29 is 28.3 Å². The lowest BCUT2D eigenvalue weighted by molar-refractivity contribution is -0.143. The molecule has 1 aliphatic rings. The number of rotatable bonds is 9. The Balaban J connectivity index is 1.74. The molecule has 174 valence electrons. The summed E-state index contributed by atoms with van der Waals surface area (Å²) in [6.07, 6.45) is 5.05. The van der Waals surface area contributed by atoms with Crippen LogP contribution in [0.5, 0.6) is 5.75 Å². The van der Waals surface area contributed by atoms with Crippen LogP contribution in [0.4, 0.5) is 4.79 Å². The first kappa shape index (κ1) is 19.5. The maximum Gasteiger partial charge on any atom is 0.409 e. The highest BCUT2D eigenvalue weighted by molar-refractivity contribution is 5.70. The second kappa shape index (κ2) is 10.9. The molecule has 10 nitrogen and oxygen atoms in total. The molecule has 0 radical (unpaired) electrons. The van der Waals surface area contributed by atoms with Crippen LogP contribution >= 0.6 is 0 Å². The minimum absolute atomic E-state index is 0.0972. The molecule has 0 spiro atoms. The van der Waals surface area contributed by atoms with Crippen LogP contribution in [0.15, 0.2) is 18.3 Å². The van der Waals surface area contributed by atoms with Crippen LogP contribution in [0.25, 0.3) is 11.4 Å². The van der Waals surface area contributed by atoms with Gasteiger partial charge >= 0.3 is 12.1 Å². The van der Waals surface area contributed by atoms with Gasteiger partial charge in [0, 0.05) is 24.7 Å². The van der Waals surface area contributed by atoms with Crippen molar-refractivity contribution in [3.8, 4) is 17.1 Å². The number of carboxylic acids is 1. The number of amides is 1. The van der Waals surface area contributed by atoms with Crippen LogP contribution in [0.1, 0.15) is 55.3 Å². The van der Waals surface area contributed by atoms with E-state index in [0.717, 1.165) is 30.4 Å². The number of nitrogens with zero attached hydrogens (tertiary/aromatic N) is 5. The lowest BCUT2D eigenvalue weighted by atomic mass is 9.87. The van der Waals surface area contributed by atoms with Crippen molar-refractivity contribution in [3.63, 3.8) is 0 Å². The fourth-order valence-corrected chi connectivity index (χ4v) is 3.62. The highest BCUT2D eigenvalue weighted by Crippen LogP contribution is 2.29. The Labute approximate surface area is 191 Å². The topological polar surface area (TPSA) is 120 Å². The summed E-state index contributed by atoms with van der Waals surface area (Å²) in [6, 6.07) is 3.27. The number of carbonyl (C=O) groups is 2. The van der Waals surface area contributed by atoms with Crippen LogP contribution in [0.3, 0.4) is 0 Å². The van der Waals surface area contributed by atoms with E-state index in [-0.39, 0.29) is 24.1 Å². The lowest BCUT2D eigenvalue weighted by Gasteiger charge is -2.27. The first-order valence-corrected chi connectivity index (χ1v) is 10.8. The van der Waals surface area contributed by atoms with Crippen LogP contribution in [0.2, 0.25) is 0 Å². The molecule has 2 heterocycles. The van der Waals surface area contributed by atoms with E-state index in [4.69, 9.17) is 13.6 Å². The molecule has 0 bridgehead atoms. The Hall–Kier alpha value is -3.17. The van der Waals surface area contributed by atoms with Crippen molar-refractivity contribution in [2.75, 3.05) is 13.6 Å². The standard InChI is InChI=1S/C22H31N5O5/c1-4-5-11-26(2)22(30)31-14-19-20(24-25-27(19)3)18-10-9-17(13-23-18)32-16-8-6-7-15(12-16)21(28)29/h9-10,13,15-16H,4-8,11-12,14H2,1-3H3,(H,28,29)/t15-,16-/m0/s1/i3D3. The molecule has 2 atom stereocenters. The van der Waals surface area contributed by atoms with Crippen molar-refractivity contribution in [1.29, 1.82) is 0 Å². The summed E-state index contributed by atoms with van der Waals surface area (Å²) >= 11 is 0. The SMILES string of the molecule is [2H]C([2H])([2H])n1nnc(-c2ccc(O[C@H]3CCC[C@H](C(=O)O)C3)cn2)c1COC(=O)N(C)CCCC. The smallest absolute Gasteiger partial charge is 0.409 e. The first-order chi connectivity index (χ1) is 16.6. The van der Waals surface area contributed by atoms with E-state index in [0.29, 0.717) is 30.8 Å². The molecular formula is C22H31N5O5. The molecule has 10 heteroatoms. The van der Waals surface area contributed by atoms with Gasteiger partial charge in [0.05, 0.1) is 23.9 Å². The van der Waals surface area contributed by atoms with E-state index in [1.807, 2.05) is 6.92 Å². The van der Waals surface area contributed by atoms with Gasteiger partial charge in [0.15, 0.2) is 0 Å². The molecule has 2 aromatic heterocycles. The number of carbonyl (C=O) groups excluding carboxylic acids is 1. The maximum absolute atomic E-state index is 12.3. The predicted molar refractivity (Wildman–Crippen MR) is 116 cm³/mol. The monoisotopic (exact) mass is 448 g/mol. The van der Waals surface area contributed by atoms with E-state index in [1.54, 1.807) is 19.2 Å². The van der Waals surface area contributed by atoms with Crippen LogP contribution < -0.4 is 4.74 Å². The van der Waals surface area contributed by atoms with Crippen LogP contribution in [0, 0.1) is 5.92 Å².